The molecule has 1 aromatic carbocycles. The number of phenolic OH excluding ortho intramolecular Hbond substituents is 2. The maximum absolute atomic E-state index is 10.0. The van der Waals surface area contributed by atoms with Gasteiger partial charge in [0.2, 0.25) is 0 Å². The fourth-order valence-corrected chi connectivity index (χ4v) is 2.33. The summed E-state index contributed by atoms with van der Waals surface area (Å²) in [5, 5.41) is 23.8. The van der Waals surface area contributed by atoms with Gasteiger partial charge in [0.25, 0.3) is 0 Å². The molecule has 0 saturated carbocycles. The summed E-state index contributed by atoms with van der Waals surface area (Å²) in [5.41, 5.74) is 7.78. The number of anilines is 1. The molecule has 0 amide bonds. The first-order valence-electron chi connectivity index (χ1n) is 6.81. The van der Waals surface area contributed by atoms with Gasteiger partial charge in [-0.15, -0.1) is 0 Å². The molecule has 0 spiro atoms. The summed E-state index contributed by atoms with van der Waals surface area (Å²) in [4.78, 5) is 4.32. The highest BCUT2D eigenvalue weighted by atomic mass is 16.3. The third-order valence-corrected chi connectivity index (χ3v) is 3.42. The Bertz CT molecular complexity index is 614. The summed E-state index contributed by atoms with van der Waals surface area (Å²) >= 11 is 0. The van der Waals surface area contributed by atoms with Crippen LogP contribution in [0.3, 0.4) is 0 Å². The molecule has 0 bridgehead atoms. The Hall–Kier alpha value is -2.01. The summed E-state index contributed by atoms with van der Waals surface area (Å²) in [6.45, 7) is 4.59. The van der Waals surface area contributed by atoms with Gasteiger partial charge in [-0.25, -0.2) is 0 Å². The second-order valence-corrected chi connectivity index (χ2v) is 5.12. The molecule has 2 rings (SSSR count). The first kappa shape index (κ1) is 14.4. The van der Waals surface area contributed by atoms with Crippen LogP contribution < -0.4 is 11.1 Å². The average Bonchev–Trinajstić information content (AvgIpc) is 2.42. The molecule has 0 aliphatic rings. The Morgan fingerprint density at radius 1 is 1.40 bits per heavy atom. The zero-order valence-corrected chi connectivity index (χ0v) is 11.8. The van der Waals surface area contributed by atoms with E-state index in [0.717, 1.165) is 24.1 Å². The topological polar surface area (TPSA) is 91.4 Å². The molecule has 5 nitrogen and oxygen atoms in total. The van der Waals surface area contributed by atoms with E-state index in [1.165, 1.54) is 6.07 Å². The standard InChI is InChI=1S/C15H21N3O2/c1-9-5-7-17-14-11(18-10(2)4-3-6-16)8-12(19)15(20)13(9)14/h5,7-8,10,18-20H,3-4,6,16H2,1-2H3. The minimum atomic E-state index is -0.137. The molecule has 0 aliphatic carbocycles. The van der Waals surface area contributed by atoms with Crippen LogP contribution in [0, 0.1) is 6.92 Å². The van der Waals surface area contributed by atoms with Crippen LogP contribution in [0.25, 0.3) is 10.9 Å². The minimum absolute atomic E-state index is 0.120. The van der Waals surface area contributed by atoms with Crippen molar-refractivity contribution < 1.29 is 10.2 Å². The van der Waals surface area contributed by atoms with Crippen LogP contribution in [-0.4, -0.2) is 27.8 Å². The number of hydrogen-bond acceptors (Lipinski definition) is 5. The van der Waals surface area contributed by atoms with Gasteiger partial charge in [-0.1, -0.05) is 0 Å². The summed E-state index contributed by atoms with van der Waals surface area (Å²) in [5.74, 6) is -0.257. The lowest BCUT2D eigenvalue weighted by atomic mass is 10.1. The normalized spacial score (nSPS) is 12.6. The van der Waals surface area contributed by atoms with E-state index in [2.05, 4.69) is 17.2 Å². The Morgan fingerprint density at radius 2 is 2.15 bits per heavy atom. The summed E-state index contributed by atoms with van der Waals surface area (Å²) in [7, 11) is 0. The number of aryl methyl sites for hydroxylation is 1. The van der Waals surface area contributed by atoms with E-state index in [1.807, 2.05) is 13.0 Å². The van der Waals surface area contributed by atoms with Gasteiger partial charge in [-0.3, -0.25) is 4.98 Å². The Kier molecular flexibility index (Phi) is 4.29. The first-order valence-corrected chi connectivity index (χ1v) is 6.81. The van der Waals surface area contributed by atoms with Crippen LogP contribution in [0.4, 0.5) is 5.69 Å². The number of rotatable bonds is 5. The number of aromatic nitrogens is 1. The van der Waals surface area contributed by atoms with Crippen LogP contribution >= 0.6 is 0 Å². The minimum Gasteiger partial charge on any atom is -0.504 e. The highest BCUT2D eigenvalue weighted by Crippen LogP contribution is 2.39. The molecule has 5 N–H and O–H groups in total. The number of nitrogens with one attached hydrogen (secondary N) is 1. The van der Waals surface area contributed by atoms with Crippen molar-refractivity contribution in [1.82, 2.24) is 4.98 Å². The Morgan fingerprint density at radius 3 is 2.85 bits per heavy atom. The largest absolute Gasteiger partial charge is 0.504 e. The van der Waals surface area contributed by atoms with Gasteiger partial charge in [0, 0.05) is 18.3 Å². The van der Waals surface area contributed by atoms with Crippen LogP contribution in [0.5, 0.6) is 11.5 Å². The van der Waals surface area contributed by atoms with Crippen LogP contribution in [0.2, 0.25) is 0 Å². The fourth-order valence-electron chi connectivity index (χ4n) is 2.33. The fraction of sp³-hybridized carbons (Fsp3) is 0.400. The number of nitrogens with zero attached hydrogens (tertiary/aromatic N) is 1. The zero-order chi connectivity index (χ0) is 14.7. The van der Waals surface area contributed by atoms with Crippen molar-refractivity contribution in [2.24, 2.45) is 5.73 Å². The van der Waals surface area contributed by atoms with Gasteiger partial charge in [0.05, 0.1) is 16.6 Å². The molecule has 1 unspecified atom stereocenters. The number of pyridine rings is 1. The van der Waals surface area contributed by atoms with Crippen molar-refractivity contribution in [3.8, 4) is 11.5 Å². The highest BCUT2D eigenvalue weighted by Gasteiger charge is 2.15. The third kappa shape index (κ3) is 2.77. The number of phenols is 2. The number of nitrogens with two attached hydrogens (primary N) is 1. The molecule has 1 heterocycles. The molecule has 0 fully saturated rings. The van der Waals surface area contributed by atoms with Gasteiger partial charge in [-0.05, 0) is 44.9 Å². The third-order valence-electron chi connectivity index (χ3n) is 3.42. The Balaban J connectivity index is 2.43. The first-order chi connectivity index (χ1) is 9.54. The summed E-state index contributed by atoms with van der Waals surface area (Å²) in [6, 6.07) is 3.54. The monoisotopic (exact) mass is 275 g/mol. The summed E-state index contributed by atoms with van der Waals surface area (Å²) in [6.07, 6.45) is 3.57. The lowest BCUT2D eigenvalue weighted by Crippen LogP contribution is -2.17. The van der Waals surface area contributed by atoms with Crippen LogP contribution in [0.1, 0.15) is 25.3 Å². The molecule has 108 valence electrons. The number of benzene rings is 1. The van der Waals surface area contributed by atoms with E-state index in [1.54, 1.807) is 6.20 Å². The van der Waals surface area contributed by atoms with Gasteiger partial charge in [0.1, 0.15) is 0 Å². The van der Waals surface area contributed by atoms with Crippen molar-refractivity contribution in [1.29, 1.82) is 0 Å². The molecule has 0 radical (unpaired) electrons. The molecular formula is C15H21N3O2. The molecule has 0 aliphatic heterocycles. The van der Waals surface area contributed by atoms with Crippen molar-refractivity contribution >= 4 is 16.6 Å². The van der Waals surface area contributed by atoms with E-state index in [0.29, 0.717) is 17.4 Å². The number of aromatic hydroxyl groups is 2. The van der Waals surface area contributed by atoms with E-state index in [9.17, 15) is 10.2 Å². The number of hydrogen-bond donors (Lipinski definition) is 4. The van der Waals surface area contributed by atoms with E-state index < -0.39 is 0 Å². The maximum Gasteiger partial charge on any atom is 0.167 e. The molecule has 5 heteroatoms. The zero-order valence-electron chi connectivity index (χ0n) is 11.8. The lowest BCUT2D eigenvalue weighted by molar-refractivity contribution is 0.408. The maximum atomic E-state index is 10.0. The summed E-state index contributed by atoms with van der Waals surface area (Å²) < 4.78 is 0. The van der Waals surface area contributed by atoms with Gasteiger partial charge in [0.15, 0.2) is 11.5 Å². The molecule has 1 aromatic heterocycles. The molecule has 20 heavy (non-hydrogen) atoms. The van der Waals surface area contributed by atoms with Crippen LogP contribution in [-0.2, 0) is 0 Å². The van der Waals surface area contributed by atoms with Crippen molar-refractivity contribution in [2.75, 3.05) is 11.9 Å². The molecule has 2 aromatic rings. The van der Waals surface area contributed by atoms with E-state index in [-0.39, 0.29) is 17.5 Å². The number of fused-ring (bicyclic) bond motifs is 1. The van der Waals surface area contributed by atoms with Crippen LogP contribution in [0.15, 0.2) is 18.3 Å². The Labute approximate surface area is 118 Å². The SMILES string of the molecule is Cc1ccnc2c(NC(C)CCCN)cc(O)c(O)c12. The quantitative estimate of drug-likeness (QED) is 0.497. The lowest BCUT2D eigenvalue weighted by Gasteiger charge is -2.17. The van der Waals surface area contributed by atoms with Crippen molar-refractivity contribution in [3.05, 3.63) is 23.9 Å². The molecule has 1 atom stereocenters. The predicted molar refractivity (Wildman–Crippen MR) is 81.2 cm³/mol. The van der Waals surface area contributed by atoms with E-state index >= 15 is 0 Å². The second-order valence-electron chi connectivity index (χ2n) is 5.12. The van der Waals surface area contributed by atoms with Crippen molar-refractivity contribution in [2.45, 2.75) is 32.7 Å². The van der Waals surface area contributed by atoms with Gasteiger partial charge < -0.3 is 21.3 Å². The smallest absolute Gasteiger partial charge is 0.167 e. The van der Waals surface area contributed by atoms with Gasteiger partial charge >= 0.3 is 0 Å². The second kappa shape index (κ2) is 5.96. The average molecular weight is 275 g/mol. The van der Waals surface area contributed by atoms with Crippen molar-refractivity contribution in [3.63, 3.8) is 0 Å². The molecule has 0 saturated heterocycles. The predicted octanol–water partition coefficient (Wildman–Crippen LogP) is 2.49. The highest BCUT2D eigenvalue weighted by molar-refractivity contribution is 5.98. The molecular weight excluding hydrogens is 254 g/mol. The van der Waals surface area contributed by atoms with Gasteiger partial charge in [-0.2, -0.15) is 0 Å². The van der Waals surface area contributed by atoms with E-state index in [4.69, 9.17) is 5.73 Å².